The number of fused-ring (bicyclic) bond motifs is 1. The van der Waals surface area contributed by atoms with Crippen LogP contribution in [0.5, 0.6) is 0 Å². The summed E-state index contributed by atoms with van der Waals surface area (Å²) in [5.74, 6) is 10.5. The van der Waals surface area contributed by atoms with Crippen molar-refractivity contribution in [3.8, 4) is 0 Å². The lowest BCUT2D eigenvalue weighted by Crippen LogP contribution is -2.14. The summed E-state index contributed by atoms with van der Waals surface area (Å²) >= 11 is 5.85. The molecule has 0 spiro atoms. The Bertz CT molecular complexity index is 635. The third-order valence-electron chi connectivity index (χ3n) is 2.08. The second-order valence-corrected chi connectivity index (χ2v) is 3.48. The van der Waals surface area contributed by atoms with Crippen molar-refractivity contribution in [3.05, 3.63) is 39.7 Å². The molecule has 7 heteroatoms. The van der Waals surface area contributed by atoms with Crippen LogP contribution in [-0.2, 0) is 0 Å². The minimum atomic E-state index is -0.213. The summed E-state index contributed by atoms with van der Waals surface area (Å²) in [4.78, 5) is 12.4. The van der Waals surface area contributed by atoms with Gasteiger partial charge in [0, 0.05) is 17.2 Å². The molecule has 2 aromatic rings. The molecule has 2 rings (SSSR count). The second-order valence-electron chi connectivity index (χ2n) is 3.05. The summed E-state index contributed by atoms with van der Waals surface area (Å²) in [5, 5.41) is 3.94. The van der Waals surface area contributed by atoms with Crippen LogP contribution >= 0.6 is 11.6 Å². The van der Waals surface area contributed by atoms with Gasteiger partial charge in [-0.2, -0.15) is 5.84 Å². The monoisotopic (exact) mass is 239 g/mol. The van der Waals surface area contributed by atoms with Crippen LogP contribution in [0.4, 0.5) is 5.69 Å². The van der Waals surface area contributed by atoms with E-state index in [1.165, 1.54) is 24.5 Å². The zero-order chi connectivity index (χ0) is 11.7. The SMILES string of the molecule is NN=[N+](N)c1cc(Cl)cc2c(=O)ccoc12. The van der Waals surface area contributed by atoms with Crippen LogP contribution in [0.1, 0.15) is 0 Å². The van der Waals surface area contributed by atoms with Gasteiger partial charge in [0.25, 0.3) is 0 Å². The Morgan fingerprint density at radius 3 is 2.88 bits per heavy atom. The molecule has 0 unspecified atom stereocenters. The average Bonchev–Trinajstić information content (AvgIpc) is 2.28. The molecule has 0 amide bonds. The van der Waals surface area contributed by atoms with Gasteiger partial charge >= 0.3 is 0 Å². The highest BCUT2D eigenvalue weighted by atomic mass is 35.5. The van der Waals surface area contributed by atoms with Gasteiger partial charge < -0.3 is 4.42 Å². The molecule has 82 valence electrons. The first-order valence-corrected chi connectivity index (χ1v) is 4.68. The molecule has 16 heavy (non-hydrogen) atoms. The summed E-state index contributed by atoms with van der Waals surface area (Å²) in [5.41, 5.74) is 0.395. The highest BCUT2D eigenvalue weighted by Crippen LogP contribution is 2.26. The lowest BCUT2D eigenvalue weighted by molar-refractivity contribution is -0.525. The molecule has 0 bridgehead atoms. The molecule has 0 saturated carbocycles. The van der Waals surface area contributed by atoms with E-state index in [1.54, 1.807) is 0 Å². The van der Waals surface area contributed by atoms with E-state index < -0.39 is 0 Å². The summed E-state index contributed by atoms with van der Waals surface area (Å²) in [6.45, 7) is 0. The van der Waals surface area contributed by atoms with Gasteiger partial charge in [0.05, 0.1) is 11.6 Å². The molecule has 0 saturated heterocycles. The summed E-state index contributed by atoms with van der Waals surface area (Å²) in [6.07, 6.45) is 1.27. The van der Waals surface area contributed by atoms with E-state index in [0.29, 0.717) is 16.1 Å². The maximum Gasteiger partial charge on any atom is 0.223 e. The van der Waals surface area contributed by atoms with Crippen LogP contribution in [0.3, 0.4) is 0 Å². The average molecular weight is 240 g/mol. The largest absolute Gasteiger partial charge is 0.459 e. The topological polar surface area (TPSA) is 97.6 Å². The third-order valence-corrected chi connectivity index (χ3v) is 2.29. The van der Waals surface area contributed by atoms with E-state index in [-0.39, 0.29) is 11.0 Å². The first-order valence-electron chi connectivity index (χ1n) is 4.30. The molecular weight excluding hydrogens is 232 g/mol. The second kappa shape index (κ2) is 3.82. The van der Waals surface area contributed by atoms with Crippen LogP contribution in [0.25, 0.3) is 11.0 Å². The number of halogens is 1. The highest BCUT2D eigenvalue weighted by Gasteiger charge is 2.14. The molecule has 0 aliphatic carbocycles. The zero-order valence-corrected chi connectivity index (χ0v) is 8.81. The zero-order valence-electron chi connectivity index (χ0n) is 8.05. The lowest BCUT2D eigenvalue weighted by atomic mass is 10.2. The van der Waals surface area contributed by atoms with E-state index in [0.717, 1.165) is 4.81 Å². The maximum absolute atomic E-state index is 11.6. The van der Waals surface area contributed by atoms with Crippen LogP contribution in [0.2, 0.25) is 5.02 Å². The number of rotatable bonds is 1. The van der Waals surface area contributed by atoms with Gasteiger partial charge in [-0.3, -0.25) is 4.79 Å². The molecule has 0 fully saturated rings. The fourth-order valence-corrected chi connectivity index (χ4v) is 1.58. The summed E-state index contributed by atoms with van der Waals surface area (Å²) < 4.78 is 5.21. The summed E-state index contributed by atoms with van der Waals surface area (Å²) in [6, 6.07) is 4.29. The normalized spacial score (nSPS) is 11.9. The van der Waals surface area contributed by atoms with Crippen molar-refractivity contribution in [2.45, 2.75) is 0 Å². The number of hydrogen-bond donors (Lipinski definition) is 2. The Morgan fingerprint density at radius 2 is 2.19 bits per heavy atom. The maximum atomic E-state index is 11.6. The third kappa shape index (κ3) is 1.59. The Hall–Kier alpha value is -2.08. The van der Waals surface area contributed by atoms with E-state index in [9.17, 15) is 4.79 Å². The van der Waals surface area contributed by atoms with Crippen molar-refractivity contribution in [3.63, 3.8) is 0 Å². The number of nitrogens with two attached hydrogens (primary N) is 2. The number of nitrogens with zero attached hydrogens (tertiary/aromatic N) is 2. The predicted octanol–water partition coefficient (Wildman–Crippen LogP) is 1.29. The van der Waals surface area contributed by atoms with Gasteiger partial charge in [-0.25, -0.2) is 5.84 Å². The molecule has 1 aromatic heterocycles. The fraction of sp³-hybridized carbons (Fsp3) is 0. The predicted molar refractivity (Wildman–Crippen MR) is 58.2 cm³/mol. The molecule has 0 atom stereocenters. The minimum absolute atomic E-state index is 0.213. The first kappa shape index (κ1) is 10.4. The number of hydrogen-bond acceptors (Lipinski definition) is 3. The van der Waals surface area contributed by atoms with Crippen LogP contribution < -0.4 is 17.1 Å². The van der Waals surface area contributed by atoms with E-state index in [2.05, 4.69) is 5.22 Å². The Balaban J connectivity index is 2.94. The summed E-state index contributed by atoms with van der Waals surface area (Å²) in [7, 11) is 0. The molecule has 6 nitrogen and oxygen atoms in total. The van der Waals surface area contributed by atoms with Crippen LogP contribution in [0.15, 0.2) is 38.9 Å². The Morgan fingerprint density at radius 1 is 1.44 bits per heavy atom. The van der Waals surface area contributed by atoms with Gasteiger partial charge in [0.2, 0.25) is 5.69 Å². The molecule has 0 radical (unpaired) electrons. The van der Waals surface area contributed by atoms with E-state index >= 15 is 0 Å². The van der Waals surface area contributed by atoms with Gasteiger partial charge in [0.1, 0.15) is 5.22 Å². The lowest BCUT2D eigenvalue weighted by Gasteiger charge is -2.01. The van der Waals surface area contributed by atoms with Crippen LogP contribution in [0, 0.1) is 0 Å². The molecular formula is C9H8ClN4O2+. The Kier molecular flexibility index (Phi) is 2.49. The molecule has 0 aliphatic heterocycles. The van der Waals surface area contributed by atoms with Gasteiger partial charge in [0.15, 0.2) is 11.0 Å². The minimum Gasteiger partial charge on any atom is -0.459 e. The van der Waals surface area contributed by atoms with Gasteiger partial charge in [-0.1, -0.05) is 11.6 Å². The first-order chi connectivity index (χ1) is 7.63. The molecule has 1 aromatic carbocycles. The Labute approximate surface area is 94.7 Å². The number of benzene rings is 1. The molecule has 4 N–H and O–H groups in total. The van der Waals surface area contributed by atoms with Crippen molar-refractivity contribution >= 4 is 28.3 Å². The van der Waals surface area contributed by atoms with Gasteiger partial charge in [-0.05, 0) is 10.9 Å². The number of hydrazine groups is 1. The van der Waals surface area contributed by atoms with Gasteiger partial charge in [-0.15, -0.1) is 0 Å². The van der Waals surface area contributed by atoms with E-state index in [1.807, 2.05) is 0 Å². The smallest absolute Gasteiger partial charge is 0.223 e. The van der Waals surface area contributed by atoms with Crippen molar-refractivity contribution in [2.75, 3.05) is 0 Å². The molecule has 1 heterocycles. The van der Waals surface area contributed by atoms with Crippen LogP contribution in [-0.4, -0.2) is 4.81 Å². The highest BCUT2D eigenvalue weighted by molar-refractivity contribution is 6.31. The quantitative estimate of drug-likeness (QED) is 0.339. The van der Waals surface area contributed by atoms with Crippen molar-refractivity contribution < 1.29 is 9.22 Å². The molecule has 0 aliphatic rings. The van der Waals surface area contributed by atoms with E-state index in [4.69, 9.17) is 27.7 Å². The van der Waals surface area contributed by atoms with Crippen molar-refractivity contribution in [2.24, 2.45) is 16.9 Å². The fourth-order valence-electron chi connectivity index (χ4n) is 1.37. The standard InChI is InChI=1S/C9H7ClN4O2/c10-5-3-6-8(15)1-2-16-9(6)7(4-5)14(12)13-11/h1-4,11H,12H2/p+1. The van der Waals surface area contributed by atoms with Crippen molar-refractivity contribution in [1.29, 1.82) is 0 Å². The van der Waals surface area contributed by atoms with Crippen molar-refractivity contribution in [1.82, 2.24) is 0 Å².